The molecule has 0 aromatic heterocycles. The van der Waals surface area contributed by atoms with E-state index in [-0.39, 0.29) is 5.41 Å². The topological polar surface area (TPSA) is 0 Å². The van der Waals surface area contributed by atoms with Crippen LogP contribution in [0.15, 0.2) is 48.5 Å². The van der Waals surface area contributed by atoms with Gasteiger partial charge >= 0.3 is 0 Å². The van der Waals surface area contributed by atoms with Gasteiger partial charge in [0.1, 0.15) is 0 Å². The van der Waals surface area contributed by atoms with E-state index in [9.17, 15) is 8.78 Å². The van der Waals surface area contributed by atoms with Crippen molar-refractivity contribution >= 4 is 31.9 Å². The lowest BCUT2D eigenvalue weighted by molar-refractivity contribution is 0.501. The summed E-state index contributed by atoms with van der Waals surface area (Å²) in [5.74, 6) is -1.61. The molecule has 0 radical (unpaired) electrons. The number of halogens is 4. The molecule has 2 rings (SSSR count). The van der Waals surface area contributed by atoms with E-state index in [1.807, 2.05) is 18.2 Å². The van der Waals surface area contributed by atoms with E-state index >= 15 is 0 Å². The molecule has 0 unspecified atom stereocenters. The zero-order valence-electron chi connectivity index (χ0n) is 10.8. The van der Waals surface area contributed by atoms with Gasteiger partial charge in [-0.3, -0.25) is 0 Å². The van der Waals surface area contributed by atoms with Gasteiger partial charge in [-0.2, -0.15) is 0 Å². The second-order valence-electron chi connectivity index (χ2n) is 4.84. The third-order valence-corrected chi connectivity index (χ3v) is 5.57. The molecule has 2 aromatic carbocycles. The maximum Gasteiger partial charge on any atom is 0.159 e. The van der Waals surface area contributed by atoms with Crippen LogP contribution in [0, 0.1) is 11.6 Å². The summed E-state index contributed by atoms with van der Waals surface area (Å²) in [5.41, 5.74) is 1.76. The molecule has 0 saturated heterocycles. The summed E-state index contributed by atoms with van der Waals surface area (Å²) in [6.45, 7) is 0. The highest BCUT2D eigenvalue weighted by atomic mass is 79.9. The van der Waals surface area contributed by atoms with Gasteiger partial charge in [0.15, 0.2) is 11.6 Å². The van der Waals surface area contributed by atoms with Crippen LogP contribution in [-0.4, -0.2) is 10.7 Å². The molecule has 0 nitrogen and oxygen atoms in total. The molecule has 20 heavy (non-hydrogen) atoms. The fourth-order valence-corrected chi connectivity index (χ4v) is 4.19. The van der Waals surface area contributed by atoms with Crippen LogP contribution in [0.25, 0.3) is 0 Å². The van der Waals surface area contributed by atoms with Gasteiger partial charge in [0.2, 0.25) is 0 Å². The highest BCUT2D eigenvalue weighted by Gasteiger charge is 2.30. The summed E-state index contributed by atoms with van der Waals surface area (Å²) in [5, 5.41) is 1.46. The minimum Gasteiger partial charge on any atom is -0.204 e. The molecule has 0 heterocycles. The number of hydrogen-bond donors (Lipinski definition) is 0. The van der Waals surface area contributed by atoms with E-state index in [0.717, 1.165) is 16.2 Å². The summed E-state index contributed by atoms with van der Waals surface area (Å²) in [7, 11) is 0. The molecule has 0 N–H and O–H groups in total. The molecule has 0 aliphatic rings. The quantitative estimate of drug-likeness (QED) is 0.599. The molecule has 0 fully saturated rings. The van der Waals surface area contributed by atoms with Gasteiger partial charge in [0, 0.05) is 16.1 Å². The first-order valence-electron chi connectivity index (χ1n) is 6.23. The Balaban J connectivity index is 2.36. The van der Waals surface area contributed by atoms with Gasteiger partial charge in [-0.1, -0.05) is 68.3 Å². The smallest absolute Gasteiger partial charge is 0.159 e. The van der Waals surface area contributed by atoms with E-state index in [4.69, 9.17) is 0 Å². The summed E-state index contributed by atoms with van der Waals surface area (Å²) < 4.78 is 26.4. The van der Waals surface area contributed by atoms with Crippen molar-refractivity contribution in [2.75, 3.05) is 10.7 Å². The molecule has 0 spiro atoms. The monoisotopic (exact) mass is 402 g/mol. The van der Waals surface area contributed by atoms with E-state index < -0.39 is 11.6 Å². The molecule has 0 amide bonds. The Hall–Kier alpha value is -0.740. The summed E-state index contributed by atoms with van der Waals surface area (Å²) >= 11 is 7.13. The molecule has 0 atom stereocenters. The first-order valence-corrected chi connectivity index (χ1v) is 8.47. The van der Waals surface area contributed by atoms with Crippen molar-refractivity contribution in [1.29, 1.82) is 0 Å². The number of rotatable bonds is 5. The fraction of sp³-hybridized carbons (Fsp3) is 0.250. The third-order valence-electron chi connectivity index (χ3n) is 3.42. The number of hydrogen-bond acceptors (Lipinski definition) is 0. The Bertz CT molecular complexity index is 566. The Morgan fingerprint density at radius 3 is 2.05 bits per heavy atom. The number of benzene rings is 2. The van der Waals surface area contributed by atoms with E-state index in [2.05, 4.69) is 44.0 Å². The Morgan fingerprint density at radius 2 is 1.50 bits per heavy atom. The Labute approximate surface area is 134 Å². The van der Waals surface area contributed by atoms with E-state index in [0.29, 0.717) is 6.42 Å². The van der Waals surface area contributed by atoms with Gasteiger partial charge in [0.25, 0.3) is 0 Å². The number of alkyl halides is 2. The van der Waals surface area contributed by atoms with Crippen molar-refractivity contribution in [3.05, 3.63) is 71.3 Å². The largest absolute Gasteiger partial charge is 0.204 e. The first-order chi connectivity index (χ1) is 9.61. The fourth-order valence-electron chi connectivity index (χ4n) is 2.22. The van der Waals surface area contributed by atoms with Crippen molar-refractivity contribution < 1.29 is 8.78 Å². The summed E-state index contributed by atoms with van der Waals surface area (Å²) in [4.78, 5) is 0. The molecule has 106 valence electrons. The minimum absolute atomic E-state index is 0.189. The zero-order valence-corrected chi connectivity index (χ0v) is 13.9. The van der Waals surface area contributed by atoms with Gasteiger partial charge in [-0.15, -0.1) is 0 Å². The van der Waals surface area contributed by atoms with Crippen molar-refractivity contribution in [2.45, 2.75) is 11.8 Å². The lowest BCUT2D eigenvalue weighted by Gasteiger charge is -2.31. The van der Waals surface area contributed by atoms with Crippen LogP contribution >= 0.6 is 31.9 Å². The van der Waals surface area contributed by atoms with Gasteiger partial charge in [0.05, 0.1) is 0 Å². The van der Waals surface area contributed by atoms with Crippen molar-refractivity contribution in [3.63, 3.8) is 0 Å². The Morgan fingerprint density at radius 1 is 0.850 bits per heavy atom. The standard InChI is InChI=1S/C16H14Br2F2/c17-10-16(11-18,13-4-2-1-3-5-13)9-12-6-7-14(19)15(20)8-12/h1-8H,9-11H2. The molecule has 0 aliphatic carbocycles. The van der Waals surface area contributed by atoms with Crippen LogP contribution in [0.3, 0.4) is 0 Å². The molecule has 4 heteroatoms. The van der Waals surface area contributed by atoms with E-state index in [1.54, 1.807) is 6.07 Å². The van der Waals surface area contributed by atoms with Gasteiger partial charge in [-0.25, -0.2) is 8.78 Å². The molecule has 0 saturated carbocycles. The second kappa shape index (κ2) is 6.81. The average Bonchev–Trinajstić information content (AvgIpc) is 2.49. The molecule has 0 aliphatic heterocycles. The normalized spacial score (nSPS) is 11.6. The van der Waals surface area contributed by atoms with Crippen molar-refractivity contribution in [1.82, 2.24) is 0 Å². The zero-order chi connectivity index (χ0) is 14.6. The van der Waals surface area contributed by atoms with E-state index in [1.165, 1.54) is 17.7 Å². The predicted octanol–water partition coefficient (Wildman–Crippen LogP) is 5.24. The third kappa shape index (κ3) is 3.29. The van der Waals surface area contributed by atoms with Crippen LogP contribution in [0.1, 0.15) is 11.1 Å². The highest BCUT2D eigenvalue weighted by Crippen LogP contribution is 2.33. The molecule has 2 aromatic rings. The van der Waals surface area contributed by atoms with Gasteiger partial charge < -0.3 is 0 Å². The first kappa shape index (κ1) is 15.6. The second-order valence-corrected chi connectivity index (χ2v) is 5.96. The Kier molecular flexibility index (Phi) is 5.33. The summed E-state index contributed by atoms with van der Waals surface area (Å²) in [6, 6.07) is 14.2. The predicted molar refractivity (Wildman–Crippen MR) is 85.8 cm³/mol. The minimum atomic E-state index is -0.809. The maximum atomic E-state index is 13.4. The average molecular weight is 404 g/mol. The van der Waals surface area contributed by atoms with Crippen LogP contribution < -0.4 is 0 Å². The van der Waals surface area contributed by atoms with Gasteiger partial charge in [-0.05, 0) is 29.7 Å². The highest BCUT2D eigenvalue weighted by molar-refractivity contribution is 9.09. The summed E-state index contributed by atoms with van der Waals surface area (Å²) in [6.07, 6.45) is 0.630. The molecular weight excluding hydrogens is 390 g/mol. The molecule has 0 bridgehead atoms. The van der Waals surface area contributed by atoms with Crippen LogP contribution in [0.2, 0.25) is 0 Å². The van der Waals surface area contributed by atoms with Crippen molar-refractivity contribution in [2.24, 2.45) is 0 Å². The SMILES string of the molecule is Fc1ccc(CC(CBr)(CBr)c2ccccc2)cc1F. The maximum absolute atomic E-state index is 13.4. The van der Waals surface area contributed by atoms with Crippen LogP contribution in [0.5, 0.6) is 0 Å². The molecular formula is C16H14Br2F2. The van der Waals surface area contributed by atoms with Crippen LogP contribution in [0.4, 0.5) is 8.78 Å². The van der Waals surface area contributed by atoms with Crippen LogP contribution in [-0.2, 0) is 11.8 Å². The lowest BCUT2D eigenvalue weighted by atomic mass is 9.79. The van der Waals surface area contributed by atoms with Crippen molar-refractivity contribution in [3.8, 4) is 0 Å². The lowest BCUT2D eigenvalue weighted by Crippen LogP contribution is -2.33.